The van der Waals surface area contributed by atoms with E-state index in [-0.39, 0.29) is 13.4 Å². The zero-order valence-electron chi connectivity index (χ0n) is 24.4. The molecule has 0 aromatic heterocycles. The van der Waals surface area contributed by atoms with Crippen LogP contribution in [-0.2, 0) is 0 Å². The zero-order valence-corrected chi connectivity index (χ0v) is 24.4. The molecule has 0 radical (unpaired) electrons. The maximum Gasteiger partial charge on any atom is 0.244 e. The third kappa shape index (κ3) is 2.43. The molecule has 8 aromatic carbocycles. The van der Waals surface area contributed by atoms with E-state index in [1.54, 1.807) is 0 Å². The van der Waals surface area contributed by atoms with E-state index in [1.807, 2.05) is 0 Å². The average molecular weight is 572 g/mol. The molecule has 0 unspecified atom stereocenters. The summed E-state index contributed by atoms with van der Waals surface area (Å²) in [6, 6.07) is 42.6. The Hall–Kier alpha value is -6.09. The first-order valence-electron chi connectivity index (χ1n) is 15.8. The van der Waals surface area contributed by atoms with E-state index in [2.05, 4.69) is 120 Å². The van der Waals surface area contributed by atoms with Crippen LogP contribution < -0.4 is 32.8 Å². The van der Waals surface area contributed by atoms with Crippen LogP contribution in [0.25, 0.3) is 81.7 Å². The molecule has 4 heteroatoms. The molecule has 0 aliphatic carbocycles. The van der Waals surface area contributed by atoms with Crippen LogP contribution >= 0.6 is 0 Å². The van der Waals surface area contributed by atoms with Gasteiger partial charge in [0.05, 0.1) is 18.2 Å². The van der Waals surface area contributed by atoms with Crippen molar-refractivity contribution < 1.29 is 0 Å². The molecule has 0 amide bonds. The summed E-state index contributed by atoms with van der Waals surface area (Å²) >= 11 is 0. The molecule has 4 heterocycles. The summed E-state index contributed by atoms with van der Waals surface area (Å²) in [6.07, 6.45) is 0. The Morgan fingerprint density at radius 2 is 0.957 bits per heavy atom. The van der Waals surface area contributed by atoms with E-state index in [9.17, 15) is 5.26 Å². The lowest BCUT2D eigenvalue weighted by atomic mass is 9.34. The monoisotopic (exact) mass is 572 g/mol. The van der Waals surface area contributed by atoms with Crippen molar-refractivity contribution in [1.82, 2.24) is 0 Å². The van der Waals surface area contributed by atoms with Gasteiger partial charge in [0.15, 0.2) is 5.69 Å². The van der Waals surface area contributed by atoms with Crippen molar-refractivity contribution in [2.45, 2.75) is 0 Å². The number of hydrogen-bond acceptors (Lipinski definition) is 1. The van der Waals surface area contributed by atoms with Gasteiger partial charge in [0, 0.05) is 0 Å². The molecule has 4 aliphatic heterocycles. The third-order valence-corrected chi connectivity index (χ3v) is 11.4. The van der Waals surface area contributed by atoms with Gasteiger partial charge in [-0.3, -0.25) is 0 Å². The lowest BCUT2D eigenvalue weighted by Crippen LogP contribution is -2.52. The van der Waals surface area contributed by atoms with Crippen LogP contribution in [0.2, 0.25) is 0 Å². The quantitative estimate of drug-likeness (QED) is 0.125. The minimum atomic E-state index is 0.133. The third-order valence-electron chi connectivity index (χ3n) is 11.4. The van der Waals surface area contributed by atoms with Gasteiger partial charge in [0.2, 0.25) is 13.4 Å². The zero-order chi connectivity index (χ0) is 30.0. The van der Waals surface area contributed by atoms with Crippen LogP contribution in [0.4, 0.5) is 5.69 Å². The first-order valence-corrected chi connectivity index (χ1v) is 15.8. The second-order valence-corrected chi connectivity index (χ2v) is 13.3. The second-order valence-electron chi connectivity index (χ2n) is 13.3. The summed E-state index contributed by atoms with van der Waals surface area (Å²) in [4.78, 5) is 3.93. The Bertz CT molecular complexity index is 2710. The molecule has 8 aromatic rings. The molecule has 12 rings (SSSR count). The molecule has 4 aliphatic rings. The van der Waals surface area contributed by atoms with Gasteiger partial charge in [-0.15, -0.1) is 0 Å². The summed E-state index contributed by atoms with van der Waals surface area (Å²) in [5.41, 5.74) is 19.2. The maximum atomic E-state index is 10.1. The Morgan fingerprint density at radius 3 is 1.48 bits per heavy atom. The van der Waals surface area contributed by atoms with E-state index in [0.29, 0.717) is 11.3 Å². The molecular formula is C42H18B2N2. The first kappa shape index (κ1) is 23.3. The van der Waals surface area contributed by atoms with Gasteiger partial charge >= 0.3 is 0 Å². The Kier molecular flexibility index (Phi) is 3.84. The number of nitrogens with zero attached hydrogens (tertiary/aromatic N) is 2. The Labute approximate surface area is 265 Å². The summed E-state index contributed by atoms with van der Waals surface area (Å²) in [5.74, 6) is 0. The molecule has 0 atom stereocenters. The van der Waals surface area contributed by atoms with E-state index < -0.39 is 0 Å². The van der Waals surface area contributed by atoms with Crippen molar-refractivity contribution in [3.05, 3.63) is 126 Å². The molecular weight excluding hydrogens is 554 g/mol. The summed E-state index contributed by atoms with van der Waals surface area (Å²) < 4.78 is 0. The summed E-state index contributed by atoms with van der Waals surface area (Å²) in [7, 11) is 0. The number of rotatable bonds is 0. The standard InChI is InChI=1S/C42H18B2N2/c1-46-24-18-31-26-7-3-5-9-34(26)44-36-17-22-10-12-27-30-15-21(20-45)14-29-25-6-2-4-8-33(25)43(41(29)30)35-16-23-11-13-28(32(19-24)42(31)44)40(36)38(23)37(22)39(27)35/h2-19H. The fourth-order valence-electron chi connectivity index (χ4n) is 9.88. The molecule has 0 bridgehead atoms. The second kappa shape index (κ2) is 7.58. The molecule has 46 heavy (non-hydrogen) atoms. The summed E-state index contributed by atoms with van der Waals surface area (Å²) in [6.45, 7) is 8.22. The Balaban J connectivity index is 1.28. The molecule has 202 valence electrons. The van der Waals surface area contributed by atoms with E-state index >= 15 is 0 Å². The minimum absolute atomic E-state index is 0.133. The van der Waals surface area contributed by atoms with Gasteiger partial charge in [-0.2, -0.15) is 5.26 Å². The van der Waals surface area contributed by atoms with Crippen LogP contribution in [0.3, 0.4) is 0 Å². The van der Waals surface area contributed by atoms with E-state index in [1.165, 1.54) is 110 Å². The van der Waals surface area contributed by atoms with Gasteiger partial charge in [0.1, 0.15) is 0 Å². The number of benzene rings is 8. The summed E-state index contributed by atoms with van der Waals surface area (Å²) in [5, 5.41) is 17.9. The SMILES string of the molecule is [C-]#[N+]c1cc2c3c(c1)-c1ccc4cc5c6c(ccc7cc(c1c4c76)B3c1ccccc1-2)-c1cc(C#N)cc2c1B5c1ccccc1-2. The first-order chi connectivity index (χ1) is 22.7. The van der Waals surface area contributed by atoms with Gasteiger partial charge in [-0.05, 0) is 101 Å². The van der Waals surface area contributed by atoms with Crippen LogP contribution in [-0.4, -0.2) is 13.4 Å². The lowest BCUT2D eigenvalue weighted by molar-refractivity contribution is 1.49. The topological polar surface area (TPSA) is 28.1 Å². The van der Waals surface area contributed by atoms with Crippen molar-refractivity contribution in [3.8, 4) is 50.6 Å². The number of fused-ring (bicyclic) bond motifs is 10. The van der Waals surface area contributed by atoms with E-state index in [4.69, 9.17) is 6.57 Å². The molecule has 0 saturated heterocycles. The van der Waals surface area contributed by atoms with Crippen molar-refractivity contribution in [2.75, 3.05) is 0 Å². The highest BCUT2D eigenvalue weighted by Gasteiger charge is 2.43. The smallest absolute Gasteiger partial charge is 0.238 e. The molecule has 2 nitrogen and oxygen atoms in total. The van der Waals surface area contributed by atoms with Gasteiger partial charge in [-0.1, -0.05) is 118 Å². The maximum absolute atomic E-state index is 10.1. The highest BCUT2D eigenvalue weighted by molar-refractivity contribution is 7.03. The molecule has 0 saturated carbocycles. The molecule has 0 N–H and O–H groups in total. The predicted molar refractivity (Wildman–Crippen MR) is 192 cm³/mol. The fourth-order valence-corrected chi connectivity index (χ4v) is 9.88. The predicted octanol–water partition coefficient (Wildman–Crippen LogP) is 5.96. The van der Waals surface area contributed by atoms with E-state index in [0.717, 1.165) is 0 Å². The molecule has 0 fully saturated rings. The van der Waals surface area contributed by atoms with Crippen molar-refractivity contribution >= 4 is 84.2 Å². The highest BCUT2D eigenvalue weighted by atomic mass is 14.6. The van der Waals surface area contributed by atoms with Gasteiger partial charge in [0.25, 0.3) is 0 Å². The van der Waals surface area contributed by atoms with Crippen molar-refractivity contribution in [2.24, 2.45) is 0 Å². The number of nitriles is 1. The molecule has 0 spiro atoms. The van der Waals surface area contributed by atoms with Crippen LogP contribution in [0.15, 0.2) is 109 Å². The fraction of sp³-hybridized carbons (Fsp3) is 0. The normalized spacial score (nSPS) is 13.5. The Morgan fingerprint density at radius 1 is 0.478 bits per heavy atom. The highest BCUT2D eigenvalue weighted by Crippen LogP contribution is 2.46. The van der Waals surface area contributed by atoms with Crippen LogP contribution in [0.1, 0.15) is 5.56 Å². The van der Waals surface area contributed by atoms with Crippen molar-refractivity contribution in [3.63, 3.8) is 0 Å². The minimum Gasteiger partial charge on any atom is -0.238 e. The number of hydrogen-bond donors (Lipinski definition) is 0. The van der Waals surface area contributed by atoms with Crippen LogP contribution in [0.5, 0.6) is 0 Å². The average Bonchev–Trinajstić information content (AvgIpc) is 3.62. The lowest BCUT2D eigenvalue weighted by Gasteiger charge is -2.31. The largest absolute Gasteiger partial charge is 0.244 e. The van der Waals surface area contributed by atoms with Gasteiger partial charge in [-0.25, -0.2) is 4.85 Å². The van der Waals surface area contributed by atoms with Crippen molar-refractivity contribution in [1.29, 1.82) is 5.26 Å². The van der Waals surface area contributed by atoms with Crippen LogP contribution in [0, 0.1) is 17.9 Å². The van der Waals surface area contributed by atoms with Gasteiger partial charge < -0.3 is 0 Å².